The fraction of sp³-hybridized carbons (Fsp3) is 0.545. The molecule has 1 N–H and O–H groups in total. The third-order valence-corrected chi connectivity index (χ3v) is 7.74. The van der Waals surface area contributed by atoms with Crippen LogP contribution in [0.25, 0.3) is 11.0 Å². The highest BCUT2D eigenvalue weighted by atomic mass is 32.2. The van der Waals surface area contributed by atoms with Crippen molar-refractivity contribution in [1.29, 1.82) is 0 Å². The third-order valence-electron chi connectivity index (χ3n) is 6.77. The van der Waals surface area contributed by atoms with Crippen LogP contribution in [-0.4, -0.2) is 74.5 Å². The standard InChI is InChI=1S/C22H28N6O2S/c1-3-18(29)28-7-5-15-4-6-27(11-16(15)28)22(30)17-12-26(8-9-31-17)21-19-14(2)10-23-20(19)24-13-25-21/h10,12-13,15-16H,3-9,11H2,1-2H3,(H,23,24,25). The summed E-state index contributed by atoms with van der Waals surface area (Å²) < 4.78 is 0. The normalized spacial score (nSPS) is 23.8. The minimum Gasteiger partial charge on any atom is -0.346 e. The number of hydrogen-bond acceptors (Lipinski definition) is 6. The van der Waals surface area contributed by atoms with Crippen LogP contribution in [0.1, 0.15) is 31.7 Å². The zero-order valence-corrected chi connectivity index (χ0v) is 18.8. The number of nitrogens with one attached hydrogen (secondary N) is 1. The molecule has 9 heteroatoms. The van der Waals surface area contributed by atoms with Gasteiger partial charge < -0.3 is 19.7 Å². The summed E-state index contributed by atoms with van der Waals surface area (Å²) in [5, 5.41) is 0.998. The van der Waals surface area contributed by atoms with Gasteiger partial charge in [-0.05, 0) is 31.2 Å². The average Bonchev–Trinajstić information content (AvgIpc) is 3.41. The first-order chi connectivity index (χ1) is 15.1. The van der Waals surface area contributed by atoms with E-state index in [1.54, 1.807) is 18.1 Å². The molecule has 31 heavy (non-hydrogen) atoms. The molecule has 0 aromatic carbocycles. The van der Waals surface area contributed by atoms with Crippen LogP contribution in [0.2, 0.25) is 0 Å². The molecule has 0 spiro atoms. The molecule has 3 aliphatic heterocycles. The Morgan fingerprint density at radius 3 is 2.90 bits per heavy atom. The van der Waals surface area contributed by atoms with Gasteiger partial charge in [0.15, 0.2) is 0 Å². The molecule has 0 saturated carbocycles. The maximum Gasteiger partial charge on any atom is 0.261 e. The highest BCUT2D eigenvalue weighted by Crippen LogP contribution is 2.35. The van der Waals surface area contributed by atoms with Crippen molar-refractivity contribution >= 4 is 40.4 Å². The molecule has 2 aromatic heterocycles. The number of fused-ring (bicyclic) bond motifs is 2. The minimum absolute atomic E-state index is 0.0695. The Labute approximate surface area is 186 Å². The van der Waals surface area contributed by atoms with Crippen LogP contribution >= 0.6 is 11.8 Å². The van der Waals surface area contributed by atoms with Gasteiger partial charge in [0.1, 0.15) is 17.8 Å². The molecule has 2 amide bonds. The van der Waals surface area contributed by atoms with Gasteiger partial charge >= 0.3 is 0 Å². The van der Waals surface area contributed by atoms with Crippen molar-refractivity contribution in [2.45, 2.75) is 39.2 Å². The van der Waals surface area contributed by atoms with Crippen molar-refractivity contribution in [2.24, 2.45) is 5.92 Å². The van der Waals surface area contributed by atoms with Crippen LogP contribution in [0.3, 0.4) is 0 Å². The topological polar surface area (TPSA) is 85.4 Å². The number of thioether (sulfide) groups is 1. The van der Waals surface area contributed by atoms with E-state index in [-0.39, 0.29) is 17.9 Å². The van der Waals surface area contributed by atoms with Crippen LogP contribution < -0.4 is 4.90 Å². The summed E-state index contributed by atoms with van der Waals surface area (Å²) >= 11 is 1.61. The van der Waals surface area contributed by atoms with E-state index in [9.17, 15) is 9.59 Å². The molecular weight excluding hydrogens is 412 g/mol. The van der Waals surface area contributed by atoms with Gasteiger partial charge in [0.05, 0.1) is 16.3 Å². The number of aryl methyl sites for hydroxylation is 1. The second-order valence-corrected chi connectivity index (χ2v) is 9.66. The third kappa shape index (κ3) is 3.58. The van der Waals surface area contributed by atoms with Crippen molar-refractivity contribution in [2.75, 3.05) is 36.8 Å². The summed E-state index contributed by atoms with van der Waals surface area (Å²) in [7, 11) is 0. The first-order valence-corrected chi connectivity index (χ1v) is 12.0. The first-order valence-electron chi connectivity index (χ1n) is 11.1. The van der Waals surface area contributed by atoms with Gasteiger partial charge in [0.25, 0.3) is 5.91 Å². The van der Waals surface area contributed by atoms with E-state index in [0.29, 0.717) is 18.9 Å². The number of aromatic amines is 1. The SMILES string of the molecule is CCC(=O)N1CCC2CCN(C(=O)C3=CN(c4ncnc5[nH]cc(C)c45)CCS3)CC21. The number of amides is 2. The van der Waals surface area contributed by atoms with Gasteiger partial charge in [-0.25, -0.2) is 9.97 Å². The molecule has 8 nitrogen and oxygen atoms in total. The Balaban J connectivity index is 1.37. The molecule has 3 aliphatic rings. The molecule has 2 unspecified atom stereocenters. The Hall–Kier alpha value is -2.55. The van der Waals surface area contributed by atoms with Crippen molar-refractivity contribution in [1.82, 2.24) is 24.8 Å². The lowest BCUT2D eigenvalue weighted by molar-refractivity contribution is -0.136. The predicted molar refractivity (Wildman–Crippen MR) is 122 cm³/mol. The summed E-state index contributed by atoms with van der Waals surface area (Å²) in [6.45, 7) is 6.98. The van der Waals surface area contributed by atoms with Crippen LogP contribution in [0.15, 0.2) is 23.6 Å². The lowest BCUT2D eigenvalue weighted by atomic mass is 9.92. The zero-order valence-electron chi connectivity index (χ0n) is 18.0. The quantitative estimate of drug-likeness (QED) is 0.789. The van der Waals surface area contributed by atoms with Gasteiger partial charge in [-0.15, -0.1) is 11.8 Å². The van der Waals surface area contributed by atoms with Crippen LogP contribution in [0.5, 0.6) is 0 Å². The highest BCUT2D eigenvalue weighted by molar-refractivity contribution is 8.04. The van der Waals surface area contributed by atoms with E-state index >= 15 is 0 Å². The lowest BCUT2D eigenvalue weighted by Crippen LogP contribution is -2.51. The molecule has 5 rings (SSSR count). The Morgan fingerprint density at radius 1 is 1.23 bits per heavy atom. The Morgan fingerprint density at radius 2 is 2.06 bits per heavy atom. The maximum atomic E-state index is 13.4. The van der Waals surface area contributed by atoms with Crippen molar-refractivity contribution < 1.29 is 9.59 Å². The molecule has 2 fully saturated rings. The molecule has 0 bridgehead atoms. The van der Waals surface area contributed by atoms with E-state index in [0.717, 1.165) is 65.5 Å². The second kappa shape index (κ2) is 8.18. The fourth-order valence-corrected chi connectivity index (χ4v) is 6.05. The minimum atomic E-state index is 0.0695. The van der Waals surface area contributed by atoms with Crippen LogP contribution in [-0.2, 0) is 9.59 Å². The van der Waals surface area contributed by atoms with E-state index < -0.39 is 0 Å². The smallest absolute Gasteiger partial charge is 0.261 e. The van der Waals surface area contributed by atoms with Gasteiger partial charge in [-0.1, -0.05) is 6.92 Å². The molecule has 2 atom stereocenters. The number of rotatable bonds is 3. The molecule has 2 aromatic rings. The average molecular weight is 441 g/mol. The van der Waals surface area contributed by atoms with Crippen LogP contribution in [0, 0.1) is 12.8 Å². The molecule has 164 valence electrons. The van der Waals surface area contributed by atoms with Crippen LogP contribution in [0.4, 0.5) is 5.82 Å². The highest BCUT2D eigenvalue weighted by Gasteiger charge is 2.41. The molecule has 0 aliphatic carbocycles. The molecular formula is C22H28N6O2S. The summed E-state index contributed by atoms with van der Waals surface area (Å²) in [6, 6.07) is 0.166. The van der Waals surface area contributed by atoms with Crippen molar-refractivity contribution in [3.8, 4) is 0 Å². The second-order valence-electron chi connectivity index (χ2n) is 8.52. The number of carbonyl (C=O) groups is 2. The summed E-state index contributed by atoms with van der Waals surface area (Å²) in [6.07, 6.45) is 8.00. The van der Waals surface area contributed by atoms with Gasteiger partial charge in [0.2, 0.25) is 5.91 Å². The number of likely N-dealkylation sites (tertiary alicyclic amines) is 2. The summed E-state index contributed by atoms with van der Waals surface area (Å²) in [5.74, 6) is 2.46. The van der Waals surface area contributed by atoms with Gasteiger partial charge in [-0.2, -0.15) is 0 Å². The predicted octanol–water partition coefficient (Wildman–Crippen LogP) is 2.52. The number of H-pyrrole nitrogens is 1. The lowest BCUT2D eigenvalue weighted by Gasteiger charge is -2.39. The molecule has 2 saturated heterocycles. The number of carbonyl (C=O) groups excluding carboxylic acids is 2. The monoisotopic (exact) mass is 440 g/mol. The Bertz CT molecular complexity index is 1050. The number of aromatic nitrogens is 3. The summed E-state index contributed by atoms with van der Waals surface area (Å²) in [5.41, 5.74) is 1.90. The zero-order chi connectivity index (χ0) is 21.5. The van der Waals surface area contributed by atoms with Gasteiger partial charge in [0, 0.05) is 50.7 Å². The number of anilines is 1. The van der Waals surface area contributed by atoms with Crippen molar-refractivity contribution in [3.63, 3.8) is 0 Å². The number of nitrogens with zero attached hydrogens (tertiary/aromatic N) is 5. The Kier molecular flexibility index (Phi) is 5.37. The largest absolute Gasteiger partial charge is 0.346 e. The van der Waals surface area contributed by atoms with E-state index in [1.807, 2.05) is 36.0 Å². The summed E-state index contributed by atoms with van der Waals surface area (Å²) in [4.78, 5) is 44.6. The first kappa shape index (κ1) is 20.4. The van der Waals surface area contributed by atoms with Crippen molar-refractivity contribution in [3.05, 3.63) is 29.2 Å². The molecule has 0 radical (unpaired) electrons. The fourth-order valence-electron chi connectivity index (χ4n) is 5.09. The molecule has 5 heterocycles. The van der Waals surface area contributed by atoms with Gasteiger partial charge in [-0.3, -0.25) is 9.59 Å². The van der Waals surface area contributed by atoms with E-state index in [4.69, 9.17) is 0 Å². The number of hydrogen-bond donors (Lipinski definition) is 1. The van der Waals surface area contributed by atoms with E-state index in [2.05, 4.69) is 19.9 Å². The number of piperidine rings is 1. The van der Waals surface area contributed by atoms with E-state index in [1.165, 1.54) is 0 Å². The maximum absolute atomic E-state index is 13.4.